The number of carbonyl (C=O) groups is 3. The predicted octanol–water partition coefficient (Wildman–Crippen LogP) is 0.404. The van der Waals surface area contributed by atoms with Gasteiger partial charge in [0.15, 0.2) is 0 Å². The SMILES string of the molecule is NC(C(=O)O)C1C(COC(=O)NC2CCCCC2)C1C(=O)O. The van der Waals surface area contributed by atoms with E-state index in [0.29, 0.717) is 0 Å². The van der Waals surface area contributed by atoms with E-state index < -0.39 is 41.8 Å². The van der Waals surface area contributed by atoms with Gasteiger partial charge in [-0.3, -0.25) is 9.59 Å². The Bertz CT molecular complexity index is 449. The number of aliphatic carboxylic acids is 2. The topological polar surface area (TPSA) is 139 Å². The highest BCUT2D eigenvalue weighted by atomic mass is 16.5. The standard InChI is InChI=1S/C14H22N2O6/c15-11(13(19)20)9-8(10(9)12(17)18)6-22-14(21)16-7-4-2-1-3-5-7/h7-11H,1-6,15H2,(H,16,21)(H,17,18)(H,19,20). The third kappa shape index (κ3) is 3.88. The average molecular weight is 314 g/mol. The van der Waals surface area contributed by atoms with Crippen LogP contribution < -0.4 is 11.1 Å². The van der Waals surface area contributed by atoms with Gasteiger partial charge >= 0.3 is 18.0 Å². The summed E-state index contributed by atoms with van der Waals surface area (Å²) in [6.07, 6.45) is 4.58. The predicted molar refractivity (Wildman–Crippen MR) is 75.1 cm³/mol. The lowest BCUT2D eigenvalue weighted by molar-refractivity contribution is -0.140. The molecule has 0 aromatic carbocycles. The number of carboxylic acids is 2. The molecule has 8 nitrogen and oxygen atoms in total. The molecule has 2 aliphatic rings. The highest BCUT2D eigenvalue weighted by molar-refractivity contribution is 5.80. The Hall–Kier alpha value is -1.83. The molecule has 4 unspecified atom stereocenters. The molecule has 0 bridgehead atoms. The number of carbonyl (C=O) groups excluding carboxylic acids is 1. The van der Waals surface area contributed by atoms with Crippen molar-refractivity contribution in [2.75, 3.05) is 6.61 Å². The summed E-state index contributed by atoms with van der Waals surface area (Å²) in [4.78, 5) is 33.6. The molecule has 0 radical (unpaired) electrons. The molecule has 4 atom stereocenters. The lowest BCUT2D eigenvalue weighted by Crippen LogP contribution is -2.37. The van der Waals surface area contributed by atoms with Gasteiger partial charge in [0, 0.05) is 17.9 Å². The zero-order valence-electron chi connectivity index (χ0n) is 12.2. The summed E-state index contributed by atoms with van der Waals surface area (Å²) in [6, 6.07) is -1.15. The van der Waals surface area contributed by atoms with E-state index in [1.54, 1.807) is 0 Å². The number of hydrogen-bond donors (Lipinski definition) is 4. The molecule has 124 valence electrons. The van der Waals surface area contributed by atoms with Crippen LogP contribution in [0.15, 0.2) is 0 Å². The molecule has 22 heavy (non-hydrogen) atoms. The Kier molecular flexibility index (Phi) is 5.23. The van der Waals surface area contributed by atoms with Gasteiger partial charge < -0.3 is 26.0 Å². The summed E-state index contributed by atoms with van der Waals surface area (Å²) in [5.41, 5.74) is 5.48. The normalized spacial score (nSPS) is 29.4. The van der Waals surface area contributed by atoms with E-state index in [2.05, 4.69) is 5.32 Å². The molecule has 1 amide bonds. The highest BCUT2D eigenvalue weighted by Crippen LogP contribution is 2.48. The van der Waals surface area contributed by atoms with Gasteiger partial charge in [-0.25, -0.2) is 4.79 Å². The van der Waals surface area contributed by atoms with Crippen LogP contribution in [0.4, 0.5) is 4.79 Å². The van der Waals surface area contributed by atoms with Crippen LogP contribution in [0.2, 0.25) is 0 Å². The Balaban J connectivity index is 1.78. The summed E-state index contributed by atoms with van der Waals surface area (Å²) in [6.45, 7) is -0.124. The molecule has 2 rings (SSSR count). The van der Waals surface area contributed by atoms with Crippen molar-refractivity contribution in [2.45, 2.75) is 44.2 Å². The van der Waals surface area contributed by atoms with Crippen LogP contribution in [-0.2, 0) is 14.3 Å². The molecular formula is C14H22N2O6. The highest BCUT2D eigenvalue weighted by Gasteiger charge is 2.60. The number of alkyl carbamates (subject to hydrolysis) is 1. The van der Waals surface area contributed by atoms with Crippen LogP contribution in [0.5, 0.6) is 0 Å². The minimum Gasteiger partial charge on any atom is -0.481 e. The molecule has 0 aromatic rings. The van der Waals surface area contributed by atoms with Gasteiger partial charge in [0.1, 0.15) is 6.04 Å². The van der Waals surface area contributed by atoms with E-state index in [-0.39, 0.29) is 12.6 Å². The van der Waals surface area contributed by atoms with Crippen molar-refractivity contribution < 1.29 is 29.3 Å². The Morgan fingerprint density at radius 1 is 1.18 bits per heavy atom. The van der Waals surface area contributed by atoms with Crippen molar-refractivity contribution >= 4 is 18.0 Å². The van der Waals surface area contributed by atoms with Gasteiger partial charge in [-0.15, -0.1) is 0 Å². The summed E-state index contributed by atoms with van der Waals surface area (Å²) in [7, 11) is 0. The Morgan fingerprint density at radius 3 is 2.36 bits per heavy atom. The number of hydrogen-bond acceptors (Lipinski definition) is 5. The fraction of sp³-hybridized carbons (Fsp3) is 0.786. The second-order valence-electron chi connectivity index (χ2n) is 6.05. The maximum Gasteiger partial charge on any atom is 0.407 e. The van der Waals surface area contributed by atoms with Crippen molar-refractivity contribution in [1.82, 2.24) is 5.32 Å². The molecule has 0 spiro atoms. The molecule has 0 heterocycles. The molecule has 0 saturated heterocycles. The largest absolute Gasteiger partial charge is 0.481 e. The lowest BCUT2D eigenvalue weighted by Gasteiger charge is -2.22. The van der Waals surface area contributed by atoms with E-state index in [1.165, 1.54) is 6.42 Å². The van der Waals surface area contributed by atoms with Gasteiger partial charge in [0.25, 0.3) is 0 Å². The van der Waals surface area contributed by atoms with Crippen LogP contribution in [0, 0.1) is 17.8 Å². The van der Waals surface area contributed by atoms with Gasteiger partial charge in [-0.1, -0.05) is 19.3 Å². The lowest BCUT2D eigenvalue weighted by atomic mass is 9.96. The van der Waals surface area contributed by atoms with Gasteiger partial charge in [0.05, 0.1) is 12.5 Å². The van der Waals surface area contributed by atoms with Gasteiger partial charge in [-0.05, 0) is 12.8 Å². The van der Waals surface area contributed by atoms with Gasteiger partial charge in [0.2, 0.25) is 0 Å². The molecule has 2 aliphatic carbocycles. The van der Waals surface area contributed by atoms with Crippen molar-refractivity contribution in [3.8, 4) is 0 Å². The zero-order chi connectivity index (χ0) is 16.3. The van der Waals surface area contributed by atoms with Crippen LogP contribution in [0.25, 0.3) is 0 Å². The van der Waals surface area contributed by atoms with E-state index in [4.69, 9.17) is 20.7 Å². The van der Waals surface area contributed by atoms with E-state index in [0.717, 1.165) is 25.7 Å². The van der Waals surface area contributed by atoms with E-state index in [1.807, 2.05) is 0 Å². The maximum atomic E-state index is 11.7. The summed E-state index contributed by atoms with van der Waals surface area (Å²) >= 11 is 0. The van der Waals surface area contributed by atoms with Crippen molar-refractivity contribution in [3.05, 3.63) is 0 Å². The molecule has 0 aliphatic heterocycles. The Morgan fingerprint density at radius 2 is 1.82 bits per heavy atom. The fourth-order valence-electron chi connectivity index (χ4n) is 3.24. The summed E-state index contributed by atoms with van der Waals surface area (Å²) < 4.78 is 5.05. The van der Waals surface area contributed by atoms with Crippen molar-refractivity contribution in [1.29, 1.82) is 0 Å². The third-order valence-corrected chi connectivity index (χ3v) is 4.55. The summed E-state index contributed by atoms with van der Waals surface area (Å²) in [5, 5.41) is 20.7. The second-order valence-corrected chi connectivity index (χ2v) is 6.05. The first-order valence-corrected chi connectivity index (χ1v) is 7.56. The van der Waals surface area contributed by atoms with E-state index in [9.17, 15) is 14.4 Å². The quantitative estimate of drug-likeness (QED) is 0.556. The molecule has 0 aromatic heterocycles. The molecule has 2 saturated carbocycles. The van der Waals surface area contributed by atoms with E-state index >= 15 is 0 Å². The number of nitrogens with two attached hydrogens (primary N) is 1. The maximum absolute atomic E-state index is 11.7. The van der Waals surface area contributed by atoms with Gasteiger partial charge in [-0.2, -0.15) is 0 Å². The number of rotatable bonds is 6. The smallest absolute Gasteiger partial charge is 0.407 e. The van der Waals surface area contributed by atoms with Crippen molar-refractivity contribution in [2.24, 2.45) is 23.5 Å². The van der Waals surface area contributed by atoms with Crippen LogP contribution in [0.1, 0.15) is 32.1 Å². The fourth-order valence-corrected chi connectivity index (χ4v) is 3.24. The zero-order valence-corrected chi connectivity index (χ0v) is 12.2. The molecular weight excluding hydrogens is 292 g/mol. The van der Waals surface area contributed by atoms with Crippen LogP contribution in [0.3, 0.4) is 0 Å². The molecule has 2 fully saturated rings. The first-order valence-electron chi connectivity index (χ1n) is 7.56. The number of carboxylic acid groups (broad SMARTS) is 2. The van der Waals surface area contributed by atoms with Crippen LogP contribution >= 0.6 is 0 Å². The molecule has 5 N–H and O–H groups in total. The number of nitrogens with one attached hydrogen (secondary N) is 1. The first-order chi connectivity index (χ1) is 10.4. The minimum absolute atomic E-state index is 0.104. The average Bonchev–Trinajstić information content (AvgIpc) is 3.19. The first kappa shape index (κ1) is 16.5. The van der Waals surface area contributed by atoms with Crippen LogP contribution in [-0.4, -0.2) is 46.9 Å². The van der Waals surface area contributed by atoms with Crippen molar-refractivity contribution in [3.63, 3.8) is 0 Å². The summed E-state index contributed by atoms with van der Waals surface area (Å²) in [5.74, 6) is -4.46. The monoisotopic (exact) mass is 314 g/mol. The second kappa shape index (κ2) is 6.95. The third-order valence-electron chi connectivity index (χ3n) is 4.55. The number of amides is 1. The minimum atomic E-state index is -1.25. The Labute approximate surface area is 128 Å². The molecule has 8 heteroatoms. The number of ether oxygens (including phenoxy) is 1.